The van der Waals surface area contributed by atoms with Gasteiger partial charge in [0.15, 0.2) is 21.5 Å². The summed E-state index contributed by atoms with van der Waals surface area (Å²) in [5.41, 5.74) is -0.919. The zero-order valence-corrected chi connectivity index (χ0v) is 21.8. The van der Waals surface area contributed by atoms with Crippen LogP contribution in [-0.4, -0.2) is 34.0 Å². The molecule has 3 heterocycles. The Morgan fingerprint density at radius 2 is 1.87 bits per heavy atom. The molecule has 0 aliphatic heterocycles. The summed E-state index contributed by atoms with van der Waals surface area (Å²) in [5.74, 6) is -4.06. The first-order valence-corrected chi connectivity index (χ1v) is 13.6. The van der Waals surface area contributed by atoms with Crippen LogP contribution in [0, 0.1) is 31.4 Å². The summed E-state index contributed by atoms with van der Waals surface area (Å²) >= 11 is 6.49. The maximum Gasteiger partial charge on any atom is 0.274 e. The van der Waals surface area contributed by atoms with Crippen molar-refractivity contribution in [3.8, 4) is 16.9 Å². The number of halogens is 4. The number of pyridine rings is 2. The van der Waals surface area contributed by atoms with Crippen molar-refractivity contribution in [2.45, 2.75) is 37.0 Å². The Kier molecular flexibility index (Phi) is 5.39. The van der Waals surface area contributed by atoms with Crippen molar-refractivity contribution in [2.75, 3.05) is 6.26 Å². The van der Waals surface area contributed by atoms with E-state index < -0.39 is 67.9 Å². The molecule has 2 atom stereocenters. The van der Waals surface area contributed by atoms with E-state index in [0.717, 1.165) is 23.0 Å². The molecule has 3 aromatic heterocycles. The van der Waals surface area contributed by atoms with E-state index in [1.54, 1.807) is 6.07 Å². The molecule has 4 aromatic rings. The molecule has 0 radical (unpaired) electrons. The van der Waals surface area contributed by atoms with Gasteiger partial charge in [0, 0.05) is 52.5 Å². The van der Waals surface area contributed by atoms with Gasteiger partial charge in [0.25, 0.3) is 5.56 Å². The molecule has 1 saturated carbocycles. The van der Waals surface area contributed by atoms with Crippen LogP contribution in [0.2, 0.25) is 5.02 Å². The molecule has 0 saturated heterocycles. The molecule has 38 heavy (non-hydrogen) atoms. The second-order valence-corrected chi connectivity index (χ2v) is 11.7. The van der Waals surface area contributed by atoms with E-state index >= 15 is 8.78 Å². The van der Waals surface area contributed by atoms with Crippen LogP contribution in [0.25, 0.3) is 16.9 Å². The number of sulfone groups is 1. The van der Waals surface area contributed by atoms with Gasteiger partial charge in [-0.25, -0.2) is 17.2 Å². The summed E-state index contributed by atoms with van der Waals surface area (Å²) in [6.45, 7) is 0.326. The lowest BCUT2D eigenvalue weighted by atomic mass is 10.1. The van der Waals surface area contributed by atoms with E-state index in [2.05, 4.69) is 10.1 Å². The summed E-state index contributed by atoms with van der Waals surface area (Å²) in [4.78, 5) is 16.9. The first-order valence-electron chi connectivity index (χ1n) is 12.8. The fourth-order valence-electron chi connectivity index (χ4n) is 4.78. The van der Waals surface area contributed by atoms with Gasteiger partial charge in [-0.15, -0.1) is 5.10 Å². The minimum Gasteiger partial charge on any atom is -0.277 e. The van der Waals surface area contributed by atoms with Gasteiger partial charge in [0.05, 0.1) is 5.69 Å². The van der Waals surface area contributed by atoms with E-state index in [0.29, 0.717) is 16.7 Å². The average molecular weight is 566 g/mol. The molecule has 0 spiro atoms. The monoisotopic (exact) mass is 565 g/mol. The summed E-state index contributed by atoms with van der Waals surface area (Å²) in [5, 5.41) is 3.20. The molecule has 0 bridgehead atoms. The second-order valence-electron chi connectivity index (χ2n) is 9.29. The smallest absolute Gasteiger partial charge is 0.274 e. The Balaban J connectivity index is 1.61. The van der Waals surface area contributed by atoms with E-state index in [4.69, 9.17) is 15.7 Å². The topological polar surface area (TPSA) is 86.8 Å². The van der Waals surface area contributed by atoms with Crippen LogP contribution in [0.5, 0.6) is 0 Å². The van der Waals surface area contributed by atoms with Gasteiger partial charge in [-0.2, -0.15) is 4.39 Å². The van der Waals surface area contributed by atoms with Gasteiger partial charge >= 0.3 is 0 Å². The average Bonchev–Trinajstić information content (AvgIpc) is 3.55. The number of hydrogen-bond acceptors (Lipinski definition) is 5. The van der Waals surface area contributed by atoms with E-state index in [9.17, 15) is 17.6 Å². The van der Waals surface area contributed by atoms with Gasteiger partial charge in [0.1, 0.15) is 15.6 Å². The lowest BCUT2D eigenvalue weighted by Gasteiger charge is -2.18. The lowest BCUT2D eigenvalue weighted by Crippen LogP contribution is -2.24. The Hall–Kier alpha value is -3.44. The van der Waals surface area contributed by atoms with Crippen molar-refractivity contribution in [3.63, 3.8) is 0 Å². The van der Waals surface area contributed by atoms with Crippen molar-refractivity contribution >= 4 is 21.4 Å². The van der Waals surface area contributed by atoms with E-state index in [1.807, 2.05) is 0 Å². The molecule has 1 fully saturated rings. The molecule has 0 unspecified atom stereocenters. The Morgan fingerprint density at radius 3 is 2.55 bits per heavy atom. The van der Waals surface area contributed by atoms with Gasteiger partial charge in [-0.3, -0.25) is 19.0 Å². The van der Waals surface area contributed by atoms with Crippen LogP contribution in [0.1, 0.15) is 44.9 Å². The van der Waals surface area contributed by atoms with Gasteiger partial charge in [0.2, 0.25) is 5.95 Å². The number of nitrogens with zero attached hydrogens (tertiary/aromatic N) is 4. The third kappa shape index (κ3) is 4.23. The Morgan fingerprint density at radius 1 is 1.13 bits per heavy atom. The number of aromatic nitrogens is 4. The number of benzene rings is 1. The normalized spacial score (nSPS) is 18.7. The third-order valence-corrected chi connectivity index (χ3v) is 8.15. The van der Waals surface area contributed by atoms with Crippen molar-refractivity contribution in [3.05, 3.63) is 92.0 Å². The maximum atomic E-state index is 16.0. The molecule has 12 heteroatoms. The van der Waals surface area contributed by atoms with Gasteiger partial charge in [-0.1, -0.05) is 17.7 Å². The van der Waals surface area contributed by atoms with E-state index in [1.165, 1.54) is 32.2 Å². The highest BCUT2D eigenvalue weighted by molar-refractivity contribution is 7.90. The molecular formula is C26H22ClF3N4O3S. The summed E-state index contributed by atoms with van der Waals surface area (Å²) in [7, 11) is -3.96. The first kappa shape index (κ1) is 22.5. The molecule has 7 nitrogen and oxygen atoms in total. The van der Waals surface area contributed by atoms with Crippen molar-refractivity contribution < 1.29 is 25.7 Å². The van der Waals surface area contributed by atoms with Crippen molar-refractivity contribution in [1.82, 2.24) is 19.3 Å². The van der Waals surface area contributed by atoms with Crippen LogP contribution in [-0.2, 0) is 16.8 Å². The van der Waals surface area contributed by atoms with Gasteiger partial charge in [-0.05, 0) is 55.5 Å². The molecule has 1 aliphatic rings. The number of aryl methyl sites for hydroxylation is 3. The lowest BCUT2D eigenvalue weighted by molar-refractivity contribution is 0.550. The molecule has 0 N–H and O–H groups in total. The summed E-state index contributed by atoms with van der Waals surface area (Å²) in [6.07, 6.45) is 2.44. The zero-order valence-electron chi connectivity index (χ0n) is 23.3. The van der Waals surface area contributed by atoms with Crippen molar-refractivity contribution in [2.24, 2.45) is 6.98 Å². The molecule has 0 amide bonds. The highest BCUT2D eigenvalue weighted by Gasteiger charge is 2.43. The summed E-state index contributed by atoms with van der Waals surface area (Å²) < 4.78 is 93.6. The molecule has 5 rings (SSSR count). The predicted octanol–water partition coefficient (Wildman–Crippen LogP) is 5.00. The van der Waals surface area contributed by atoms with Crippen molar-refractivity contribution in [1.29, 1.82) is 0 Å². The third-order valence-electron chi connectivity index (χ3n) is 6.66. The highest BCUT2D eigenvalue weighted by Crippen LogP contribution is 2.55. The molecule has 1 aliphatic carbocycles. The predicted molar refractivity (Wildman–Crippen MR) is 136 cm³/mol. The zero-order chi connectivity index (χ0) is 30.2. The Labute approximate surface area is 225 Å². The van der Waals surface area contributed by atoms with Crippen LogP contribution in [0.15, 0.2) is 46.2 Å². The standard InChI is InChI=1S/C26H22ClF3N4O3S/c1-12-11-31-24(14-6-5-7-19(22(14)29)38(4,36)37)23(30)25(12)34-13(2)8-17(21(27)26(34)35)15-9-16(15)18-10-20(28)32-33(18)3/h5-8,10-11,15-16H,9H2,1-4H3/t15-,16-/m0/s1/i3D3. The van der Waals surface area contributed by atoms with E-state index in [-0.39, 0.29) is 27.7 Å². The summed E-state index contributed by atoms with van der Waals surface area (Å²) in [6, 6.07) is 6.09. The molecule has 1 aromatic carbocycles. The number of hydrogen-bond donors (Lipinski definition) is 0. The Bertz CT molecular complexity index is 1910. The fraction of sp³-hybridized carbons (Fsp3) is 0.269. The SMILES string of the molecule is [2H]C([2H])([2H])n1nc(F)cc1[C@H]1C[C@@H]1c1cc(C)n(-c2c(C)cnc(-c3cccc(S(C)(=O)=O)c3F)c2F)c(=O)c1Cl. The highest BCUT2D eigenvalue weighted by atomic mass is 35.5. The van der Waals surface area contributed by atoms with Gasteiger partial charge < -0.3 is 0 Å². The minimum absolute atomic E-state index is 0.143. The van der Waals surface area contributed by atoms with Crippen LogP contribution in [0.3, 0.4) is 0 Å². The molecular weight excluding hydrogens is 541 g/mol. The quantitative estimate of drug-likeness (QED) is 0.340. The second kappa shape index (κ2) is 9.09. The first-order chi connectivity index (χ1) is 19.0. The minimum atomic E-state index is -3.96. The number of rotatable bonds is 5. The maximum absolute atomic E-state index is 16.0. The fourth-order valence-corrected chi connectivity index (χ4v) is 5.82. The largest absolute Gasteiger partial charge is 0.277 e. The molecule has 198 valence electrons. The van der Waals surface area contributed by atoms with Crippen LogP contribution >= 0.6 is 11.6 Å². The van der Waals surface area contributed by atoms with Crippen LogP contribution in [0.4, 0.5) is 13.2 Å². The van der Waals surface area contributed by atoms with Crippen LogP contribution < -0.4 is 5.56 Å².